The van der Waals surface area contributed by atoms with Gasteiger partial charge in [-0.1, -0.05) is 13.8 Å². The zero-order chi connectivity index (χ0) is 22.9. The Morgan fingerprint density at radius 3 is 2.66 bits per heavy atom. The van der Waals surface area contributed by atoms with Crippen LogP contribution in [-0.4, -0.2) is 33.1 Å². The zero-order valence-corrected chi connectivity index (χ0v) is 19.0. The van der Waals surface area contributed by atoms with E-state index in [1.165, 1.54) is 0 Å². The number of pyridine rings is 1. The molecule has 0 aromatic carbocycles. The van der Waals surface area contributed by atoms with Crippen LogP contribution in [0.25, 0.3) is 0 Å². The molecule has 3 heterocycles. The van der Waals surface area contributed by atoms with E-state index in [-0.39, 0.29) is 11.3 Å². The van der Waals surface area contributed by atoms with Crippen LogP contribution < -0.4 is 16.0 Å². The maximum atomic E-state index is 12.4. The van der Waals surface area contributed by atoms with E-state index in [1.54, 1.807) is 17.3 Å². The van der Waals surface area contributed by atoms with Gasteiger partial charge >= 0.3 is 0 Å². The summed E-state index contributed by atoms with van der Waals surface area (Å²) in [6, 6.07) is 3.70. The van der Waals surface area contributed by atoms with Gasteiger partial charge in [0, 0.05) is 48.7 Å². The van der Waals surface area contributed by atoms with Crippen LogP contribution in [-0.2, 0) is 11.3 Å². The minimum Gasteiger partial charge on any atom is -0.402 e. The molecule has 168 valence electrons. The number of carbonyl (C=O) groups is 1. The van der Waals surface area contributed by atoms with E-state index in [9.17, 15) is 4.79 Å². The summed E-state index contributed by atoms with van der Waals surface area (Å²) in [6.07, 6.45) is 7.46. The fourth-order valence-corrected chi connectivity index (χ4v) is 4.28. The number of nitrogens with one attached hydrogen (secondary N) is 2. The van der Waals surface area contributed by atoms with Crippen molar-refractivity contribution in [1.82, 2.24) is 15.0 Å². The van der Waals surface area contributed by atoms with E-state index >= 15 is 0 Å². The number of hydrogen-bond donors (Lipinski definition) is 3. The quantitative estimate of drug-likeness (QED) is 0.597. The first kappa shape index (κ1) is 21.9. The van der Waals surface area contributed by atoms with E-state index in [0.29, 0.717) is 36.9 Å². The van der Waals surface area contributed by atoms with Crippen LogP contribution >= 0.6 is 0 Å². The minimum absolute atomic E-state index is 0.0669. The average molecular weight is 434 g/mol. The lowest BCUT2D eigenvalue weighted by atomic mass is 9.75. The fourth-order valence-electron chi connectivity index (χ4n) is 4.28. The van der Waals surface area contributed by atoms with E-state index < -0.39 is 0 Å². The molecule has 0 atom stereocenters. The molecule has 4 rings (SSSR count). The van der Waals surface area contributed by atoms with Gasteiger partial charge in [-0.25, -0.2) is 15.0 Å². The lowest BCUT2D eigenvalue weighted by Gasteiger charge is -2.32. The number of amides is 1. The van der Waals surface area contributed by atoms with Crippen molar-refractivity contribution in [3.8, 4) is 0 Å². The molecule has 0 unspecified atom stereocenters. The van der Waals surface area contributed by atoms with Crippen molar-refractivity contribution < 1.29 is 4.79 Å². The summed E-state index contributed by atoms with van der Waals surface area (Å²) in [4.78, 5) is 27.2. The Hall–Kier alpha value is -3.29. The van der Waals surface area contributed by atoms with E-state index in [0.717, 1.165) is 53.9 Å². The number of allylic oxidation sites excluding steroid dienone is 2. The second-order valence-electron chi connectivity index (χ2n) is 9.46. The topological polar surface area (TPSA) is 121 Å². The van der Waals surface area contributed by atoms with Crippen molar-refractivity contribution in [3.05, 3.63) is 52.7 Å². The number of hydrogen-bond acceptors (Lipinski definition) is 7. The summed E-state index contributed by atoms with van der Waals surface area (Å²) in [5, 5.41) is 12.2. The van der Waals surface area contributed by atoms with E-state index in [1.807, 2.05) is 19.1 Å². The molecule has 0 saturated carbocycles. The van der Waals surface area contributed by atoms with Gasteiger partial charge in [0.25, 0.3) is 0 Å². The molecule has 1 fully saturated rings. The first-order chi connectivity index (χ1) is 15.2. The lowest BCUT2D eigenvalue weighted by molar-refractivity contribution is -0.117. The minimum atomic E-state index is 0.0669. The summed E-state index contributed by atoms with van der Waals surface area (Å²) in [7, 11) is 0. The van der Waals surface area contributed by atoms with Gasteiger partial charge in [0.2, 0.25) is 5.91 Å². The molecule has 2 aromatic heterocycles. The van der Waals surface area contributed by atoms with Crippen molar-refractivity contribution >= 4 is 23.3 Å². The predicted molar refractivity (Wildman–Crippen MR) is 126 cm³/mol. The molecule has 8 nitrogen and oxygen atoms in total. The maximum absolute atomic E-state index is 12.4. The Kier molecular flexibility index (Phi) is 5.95. The van der Waals surface area contributed by atoms with Crippen molar-refractivity contribution in [1.29, 1.82) is 5.41 Å². The molecule has 1 aliphatic heterocycles. The Morgan fingerprint density at radius 2 is 2.00 bits per heavy atom. The highest BCUT2D eigenvalue weighted by molar-refractivity contribution is 6.12. The number of aryl methyl sites for hydroxylation is 1. The normalized spacial score (nSPS) is 18.2. The van der Waals surface area contributed by atoms with Gasteiger partial charge in [-0.15, -0.1) is 0 Å². The summed E-state index contributed by atoms with van der Waals surface area (Å²) < 4.78 is 0. The molecule has 0 bridgehead atoms. The number of aromatic nitrogens is 3. The van der Waals surface area contributed by atoms with Crippen LogP contribution in [0.2, 0.25) is 0 Å². The SMILES string of the molecule is Cc1ncc(CNc2cc(C(=N)C3=C(N)CC(C)(C)CC3)cc(N3CCCC3=O)n2)cn1. The number of nitrogens with zero attached hydrogens (tertiary/aromatic N) is 4. The Balaban J connectivity index is 1.65. The predicted octanol–water partition coefficient (Wildman–Crippen LogP) is 3.71. The molecular formula is C24H31N7O. The number of anilines is 2. The number of carbonyl (C=O) groups excluding carboxylic acids is 1. The fraction of sp³-hybridized carbons (Fsp3) is 0.458. The van der Waals surface area contributed by atoms with Gasteiger partial charge in [-0.05, 0) is 55.7 Å². The first-order valence-corrected chi connectivity index (χ1v) is 11.1. The van der Waals surface area contributed by atoms with Gasteiger partial charge < -0.3 is 11.1 Å². The van der Waals surface area contributed by atoms with E-state index in [4.69, 9.17) is 11.1 Å². The third-order valence-electron chi connectivity index (χ3n) is 6.17. The summed E-state index contributed by atoms with van der Waals surface area (Å²) in [5.74, 6) is 1.97. The van der Waals surface area contributed by atoms with Crippen LogP contribution in [0.5, 0.6) is 0 Å². The van der Waals surface area contributed by atoms with Crippen molar-refractivity contribution in [3.63, 3.8) is 0 Å². The molecule has 32 heavy (non-hydrogen) atoms. The van der Waals surface area contributed by atoms with Gasteiger partial charge in [-0.3, -0.25) is 15.1 Å². The van der Waals surface area contributed by atoms with Crippen LogP contribution in [0.4, 0.5) is 11.6 Å². The van der Waals surface area contributed by atoms with Crippen molar-refractivity contribution in [2.24, 2.45) is 11.1 Å². The average Bonchev–Trinajstić information content (AvgIpc) is 3.18. The summed E-state index contributed by atoms with van der Waals surface area (Å²) in [6.45, 7) is 7.41. The van der Waals surface area contributed by atoms with Crippen molar-refractivity contribution in [2.45, 2.75) is 59.4 Å². The van der Waals surface area contributed by atoms with Crippen LogP contribution in [0, 0.1) is 17.7 Å². The molecule has 1 saturated heterocycles. The maximum Gasteiger partial charge on any atom is 0.228 e. The Bertz CT molecular complexity index is 1070. The molecule has 1 amide bonds. The zero-order valence-electron chi connectivity index (χ0n) is 19.0. The highest BCUT2D eigenvalue weighted by atomic mass is 16.2. The molecule has 0 spiro atoms. The molecule has 0 radical (unpaired) electrons. The van der Waals surface area contributed by atoms with Gasteiger partial charge in [0.05, 0.1) is 5.71 Å². The standard InChI is InChI=1S/C24H31N7O/c1-15-27-12-16(13-28-15)14-29-20-9-17(10-21(30-20)31-8-4-5-22(31)32)23(26)18-6-7-24(2,3)11-19(18)25/h9-10,12-13,26H,4-8,11,14,25H2,1-3H3,(H,29,30). The third-order valence-corrected chi connectivity index (χ3v) is 6.17. The highest BCUT2D eigenvalue weighted by Gasteiger charge is 2.29. The Labute approximate surface area is 188 Å². The Morgan fingerprint density at radius 1 is 1.25 bits per heavy atom. The molecule has 2 aliphatic rings. The molecule has 8 heteroatoms. The molecule has 4 N–H and O–H groups in total. The van der Waals surface area contributed by atoms with Crippen LogP contribution in [0.3, 0.4) is 0 Å². The second kappa shape index (κ2) is 8.68. The lowest BCUT2D eigenvalue weighted by Crippen LogP contribution is -2.27. The first-order valence-electron chi connectivity index (χ1n) is 11.1. The summed E-state index contributed by atoms with van der Waals surface area (Å²) in [5.41, 5.74) is 10.3. The number of nitrogens with two attached hydrogens (primary N) is 1. The highest BCUT2D eigenvalue weighted by Crippen LogP contribution is 2.38. The van der Waals surface area contributed by atoms with Crippen molar-refractivity contribution in [2.75, 3.05) is 16.8 Å². The third kappa shape index (κ3) is 4.79. The van der Waals surface area contributed by atoms with Crippen LogP contribution in [0.15, 0.2) is 35.8 Å². The van der Waals surface area contributed by atoms with E-state index in [2.05, 4.69) is 34.1 Å². The molecule has 1 aliphatic carbocycles. The van der Waals surface area contributed by atoms with Crippen LogP contribution in [0.1, 0.15) is 62.9 Å². The van der Waals surface area contributed by atoms with Gasteiger partial charge in [-0.2, -0.15) is 0 Å². The largest absolute Gasteiger partial charge is 0.402 e. The monoisotopic (exact) mass is 433 g/mol. The molecular weight excluding hydrogens is 402 g/mol. The molecule has 2 aromatic rings. The smallest absolute Gasteiger partial charge is 0.228 e. The van der Waals surface area contributed by atoms with Gasteiger partial charge in [0.1, 0.15) is 17.5 Å². The number of rotatable bonds is 6. The second-order valence-corrected chi connectivity index (χ2v) is 9.46. The summed E-state index contributed by atoms with van der Waals surface area (Å²) >= 11 is 0. The van der Waals surface area contributed by atoms with Gasteiger partial charge in [0.15, 0.2) is 0 Å².